The molecule has 1 aliphatic heterocycles. The number of nitrogens with one attached hydrogen (secondary N) is 2. The lowest BCUT2D eigenvalue weighted by atomic mass is 10.3. The van der Waals surface area contributed by atoms with Gasteiger partial charge in [0.25, 0.3) is 0 Å². The van der Waals surface area contributed by atoms with Crippen LogP contribution in [0.1, 0.15) is 19.1 Å². The van der Waals surface area contributed by atoms with E-state index < -0.39 is 5.25 Å². The van der Waals surface area contributed by atoms with Gasteiger partial charge in [-0.05, 0) is 19.1 Å². The molecule has 0 unspecified atom stereocenters. The molecule has 0 aromatic carbocycles. The maximum atomic E-state index is 11.7. The summed E-state index contributed by atoms with van der Waals surface area (Å²) >= 11 is 1.19. The first-order valence-corrected chi connectivity index (χ1v) is 6.95. The molecule has 2 heterocycles. The number of rotatable bonds is 5. The van der Waals surface area contributed by atoms with Crippen LogP contribution in [-0.2, 0) is 9.59 Å². The van der Waals surface area contributed by atoms with Gasteiger partial charge in [-0.15, -0.1) is 5.10 Å². The van der Waals surface area contributed by atoms with E-state index in [2.05, 4.69) is 20.8 Å². The minimum absolute atomic E-state index is 0.130. The summed E-state index contributed by atoms with van der Waals surface area (Å²) in [6.45, 7) is 2.38. The number of furan rings is 1. The lowest BCUT2D eigenvalue weighted by molar-refractivity contribution is -0.125. The lowest BCUT2D eigenvalue weighted by Gasteiger charge is -2.04. The van der Waals surface area contributed by atoms with Gasteiger partial charge in [-0.3, -0.25) is 9.59 Å². The van der Waals surface area contributed by atoms with E-state index in [9.17, 15) is 9.59 Å². The molecule has 1 aromatic heterocycles. The van der Waals surface area contributed by atoms with Crippen LogP contribution in [0.2, 0.25) is 0 Å². The summed E-state index contributed by atoms with van der Waals surface area (Å²) in [5.41, 5.74) is 0. The van der Waals surface area contributed by atoms with Crippen molar-refractivity contribution in [3.8, 4) is 0 Å². The number of carbonyl (C=O) groups excluding carboxylic acids is 2. The second-order valence-electron chi connectivity index (χ2n) is 3.92. The third kappa shape index (κ3) is 3.95. The molecule has 106 valence electrons. The van der Waals surface area contributed by atoms with Crippen molar-refractivity contribution < 1.29 is 14.0 Å². The molecular weight excluding hydrogens is 280 g/mol. The molecule has 2 N–H and O–H groups in total. The molecule has 1 fully saturated rings. The van der Waals surface area contributed by atoms with Crippen molar-refractivity contribution in [3.63, 3.8) is 0 Å². The van der Waals surface area contributed by atoms with Crippen molar-refractivity contribution in [3.05, 3.63) is 24.2 Å². The normalized spacial score (nSPS) is 20.6. The SMILES string of the molecule is CCNC(=O)C[C@@H]1S/C(=N\N=C/c2ccco2)NC1=O. The Balaban J connectivity index is 1.89. The number of thioether (sulfide) groups is 1. The van der Waals surface area contributed by atoms with Crippen molar-refractivity contribution in [2.24, 2.45) is 10.2 Å². The minimum Gasteiger partial charge on any atom is -0.463 e. The molecule has 1 saturated heterocycles. The van der Waals surface area contributed by atoms with Gasteiger partial charge in [0.05, 0.1) is 12.5 Å². The molecule has 1 aromatic rings. The van der Waals surface area contributed by atoms with Crippen LogP contribution in [0.4, 0.5) is 0 Å². The van der Waals surface area contributed by atoms with Crippen LogP contribution in [0.3, 0.4) is 0 Å². The molecule has 20 heavy (non-hydrogen) atoms. The van der Waals surface area contributed by atoms with Gasteiger partial charge in [0.2, 0.25) is 11.8 Å². The predicted molar refractivity (Wildman–Crippen MR) is 76.6 cm³/mol. The molecular formula is C12H14N4O3S. The molecule has 8 heteroatoms. The molecule has 1 atom stereocenters. The van der Waals surface area contributed by atoms with Gasteiger partial charge >= 0.3 is 0 Å². The van der Waals surface area contributed by atoms with E-state index in [-0.39, 0.29) is 18.2 Å². The highest BCUT2D eigenvalue weighted by Crippen LogP contribution is 2.22. The second-order valence-corrected chi connectivity index (χ2v) is 5.11. The van der Waals surface area contributed by atoms with Crippen molar-refractivity contribution in [1.29, 1.82) is 0 Å². The Hall–Kier alpha value is -2.09. The van der Waals surface area contributed by atoms with E-state index in [0.29, 0.717) is 17.5 Å². The van der Waals surface area contributed by atoms with Gasteiger partial charge in [0.15, 0.2) is 5.17 Å². The molecule has 7 nitrogen and oxygen atoms in total. The third-order valence-corrected chi connectivity index (χ3v) is 3.47. The van der Waals surface area contributed by atoms with E-state index in [1.54, 1.807) is 12.1 Å². The van der Waals surface area contributed by atoms with Crippen molar-refractivity contribution >= 4 is 35.0 Å². The molecule has 2 rings (SSSR count). The summed E-state index contributed by atoms with van der Waals surface area (Å²) < 4.78 is 5.05. The molecule has 2 amide bonds. The summed E-state index contributed by atoms with van der Waals surface area (Å²) in [6.07, 6.45) is 3.10. The summed E-state index contributed by atoms with van der Waals surface area (Å²) in [7, 11) is 0. The second kappa shape index (κ2) is 6.90. The maximum absolute atomic E-state index is 11.7. The topological polar surface area (TPSA) is 96.1 Å². The minimum atomic E-state index is -0.459. The zero-order valence-corrected chi connectivity index (χ0v) is 11.6. The van der Waals surface area contributed by atoms with Crippen LogP contribution >= 0.6 is 11.8 Å². The number of nitrogens with zero attached hydrogens (tertiary/aromatic N) is 2. The van der Waals surface area contributed by atoms with Gasteiger partial charge in [-0.2, -0.15) is 5.10 Å². The Labute approximate surface area is 119 Å². The average molecular weight is 294 g/mol. The van der Waals surface area contributed by atoms with Crippen LogP contribution in [0.5, 0.6) is 0 Å². The van der Waals surface area contributed by atoms with Crippen LogP contribution in [0, 0.1) is 0 Å². The summed E-state index contributed by atoms with van der Waals surface area (Å²) in [5.74, 6) is 0.191. The first-order chi connectivity index (χ1) is 9.69. The van der Waals surface area contributed by atoms with E-state index in [1.165, 1.54) is 24.2 Å². The lowest BCUT2D eigenvalue weighted by Crippen LogP contribution is -2.31. The van der Waals surface area contributed by atoms with Crippen LogP contribution in [-0.4, -0.2) is 35.0 Å². The fraction of sp³-hybridized carbons (Fsp3) is 0.333. The molecule has 0 aliphatic carbocycles. The van der Waals surface area contributed by atoms with Gasteiger partial charge in [-0.25, -0.2) is 0 Å². The summed E-state index contributed by atoms with van der Waals surface area (Å²) in [4.78, 5) is 23.1. The van der Waals surface area contributed by atoms with Crippen LogP contribution in [0.15, 0.2) is 33.0 Å². The van der Waals surface area contributed by atoms with E-state index in [4.69, 9.17) is 4.42 Å². The van der Waals surface area contributed by atoms with E-state index in [1.807, 2.05) is 6.92 Å². The van der Waals surface area contributed by atoms with Gasteiger partial charge in [-0.1, -0.05) is 11.8 Å². The maximum Gasteiger partial charge on any atom is 0.240 e. The zero-order chi connectivity index (χ0) is 14.4. The fourth-order valence-electron chi connectivity index (χ4n) is 1.53. The molecule has 1 aliphatic rings. The quantitative estimate of drug-likeness (QED) is 0.618. The Morgan fingerprint density at radius 3 is 3.20 bits per heavy atom. The molecule has 0 saturated carbocycles. The Bertz CT molecular complexity index is 539. The highest BCUT2D eigenvalue weighted by atomic mass is 32.2. The Morgan fingerprint density at radius 2 is 2.50 bits per heavy atom. The van der Waals surface area contributed by atoms with Crippen LogP contribution in [0.25, 0.3) is 0 Å². The van der Waals surface area contributed by atoms with Crippen molar-refractivity contribution in [1.82, 2.24) is 10.6 Å². The third-order valence-electron chi connectivity index (χ3n) is 2.40. The number of amidine groups is 1. The fourth-order valence-corrected chi connectivity index (χ4v) is 2.45. The zero-order valence-electron chi connectivity index (χ0n) is 10.8. The monoisotopic (exact) mass is 294 g/mol. The largest absolute Gasteiger partial charge is 0.463 e. The Kier molecular flexibility index (Phi) is 4.94. The smallest absolute Gasteiger partial charge is 0.240 e. The highest BCUT2D eigenvalue weighted by molar-refractivity contribution is 8.15. The van der Waals surface area contributed by atoms with Gasteiger partial charge in [0.1, 0.15) is 11.0 Å². The average Bonchev–Trinajstić information content (AvgIpc) is 3.01. The van der Waals surface area contributed by atoms with Crippen molar-refractivity contribution in [2.45, 2.75) is 18.6 Å². The number of amides is 2. The predicted octanol–water partition coefficient (Wildman–Crippen LogP) is 0.727. The Morgan fingerprint density at radius 1 is 1.65 bits per heavy atom. The van der Waals surface area contributed by atoms with E-state index >= 15 is 0 Å². The highest BCUT2D eigenvalue weighted by Gasteiger charge is 2.31. The summed E-state index contributed by atoms with van der Waals surface area (Å²) in [5, 5.41) is 12.8. The number of hydrogen-bond acceptors (Lipinski definition) is 6. The molecule has 0 spiro atoms. The number of carbonyl (C=O) groups is 2. The molecule has 0 radical (unpaired) electrons. The number of hydrogen-bond donors (Lipinski definition) is 2. The van der Waals surface area contributed by atoms with Gasteiger partial charge < -0.3 is 15.1 Å². The standard InChI is InChI=1S/C12H14N4O3S/c1-2-13-10(17)6-9-11(18)15-12(20-9)16-14-7-8-4-3-5-19-8/h3-5,7,9H,2,6H2,1H3,(H,13,17)(H,15,16,18)/b14-7-/t9-/m0/s1. The first-order valence-electron chi connectivity index (χ1n) is 6.07. The van der Waals surface area contributed by atoms with Crippen LogP contribution < -0.4 is 10.6 Å². The van der Waals surface area contributed by atoms with Gasteiger partial charge in [0, 0.05) is 13.0 Å². The molecule has 0 bridgehead atoms. The van der Waals surface area contributed by atoms with E-state index in [0.717, 1.165) is 0 Å². The van der Waals surface area contributed by atoms with Crippen molar-refractivity contribution in [2.75, 3.05) is 6.54 Å². The first kappa shape index (κ1) is 14.3. The summed E-state index contributed by atoms with van der Waals surface area (Å²) in [6, 6.07) is 3.48.